The van der Waals surface area contributed by atoms with Gasteiger partial charge in [0, 0.05) is 31.6 Å². The maximum Gasteiger partial charge on any atom is 0.215 e. The van der Waals surface area contributed by atoms with Gasteiger partial charge in [-0.25, -0.2) is 14.8 Å². The van der Waals surface area contributed by atoms with Crippen molar-refractivity contribution >= 4 is 49.0 Å². The number of nitrogens with zero attached hydrogens (tertiary/aromatic N) is 4. The van der Waals surface area contributed by atoms with Crippen LogP contribution in [0.15, 0.2) is 133 Å². The average molecular weight is 555 g/mol. The molecule has 0 amide bonds. The van der Waals surface area contributed by atoms with Gasteiger partial charge in [-0.2, -0.15) is 0 Å². The number of thiophene rings is 1. The molecule has 5 heteroatoms. The van der Waals surface area contributed by atoms with Crippen LogP contribution in [0.2, 0.25) is 0 Å². The van der Waals surface area contributed by atoms with E-state index in [2.05, 4.69) is 76.1 Å². The number of fused-ring (bicyclic) bond motifs is 4. The molecule has 42 heavy (non-hydrogen) atoms. The zero-order chi connectivity index (χ0) is 28.0. The molecule has 0 atom stereocenters. The normalized spacial score (nSPS) is 11.3. The Bertz CT molecular complexity index is 2290. The summed E-state index contributed by atoms with van der Waals surface area (Å²) < 4.78 is 3.30. The SMILES string of the molecule is [C-]#[N+]c1c(-c2ccc(-c3nc4ccccc4n3-c3ccccc3)cc2)sc2c1c(-c1ccccc1)nc1ccccc12. The second-order valence-corrected chi connectivity index (χ2v) is 11.1. The lowest BCUT2D eigenvalue weighted by atomic mass is 10.0. The number of rotatable bonds is 4. The summed E-state index contributed by atoms with van der Waals surface area (Å²) in [6.07, 6.45) is 0. The Hall–Kier alpha value is -5.57. The molecular weight excluding hydrogens is 533 g/mol. The van der Waals surface area contributed by atoms with Crippen molar-refractivity contribution in [1.82, 2.24) is 14.5 Å². The van der Waals surface area contributed by atoms with Crippen LogP contribution < -0.4 is 0 Å². The molecule has 0 unspecified atom stereocenters. The van der Waals surface area contributed by atoms with Gasteiger partial charge in [-0.3, -0.25) is 4.57 Å². The van der Waals surface area contributed by atoms with Crippen LogP contribution in [0.25, 0.3) is 75.6 Å². The van der Waals surface area contributed by atoms with E-state index in [0.717, 1.165) is 70.8 Å². The minimum Gasteiger partial charge on any atom is -0.292 e. The molecule has 0 aliphatic carbocycles. The fourth-order valence-corrected chi connectivity index (χ4v) is 6.99. The maximum absolute atomic E-state index is 8.25. The van der Waals surface area contributed by atoms with Crippen LogP contribution in [-0.2, 0) is 0 Å². The Balaban J connectivity index is 1.32. The third kappa shape index (κ3) is 3.81. The summed E-state index contributed by atoms with van der Waals surface area (Å²) in [7, 11) is 0. The molecule has 196 valence electrons. The molecule has 3 aromatic heterocycles. The van der Waals surface area contributed by atoms with E-state index >= 15 is 0 Å². The summed E-state index contributed by atoms with van der Waals surface area (Å²) in [5.41, 5.74) is 8.56. The van der Waals surface area contributed by atoms with E-state index in [4.69, 9.17) is 16.5 Å². The quantitative estimate of drug-likeness (QED) is 0.203. The predicted octanol–water partition coefficient (Wildman–Crippen LogP) is 10.3. The molecule has 0 radical (unpaired) electrons. The molecule has 0 saturated heterocycles. The fourth-order valence-electron chi connectivity index (χ4n) is 5.71. The average Bonchev–Trinajstić information content (AvgIpc) is 3.65. The molecule has 0 bridgehead atoms. The first kappa shape index (κ1) is 24.2. The van der Waals surface area contributed by atoms with Crippen LogP contribution >= 0.6 is 11.3 Å². The summed E-state index contributed by atoms with van der Waals surface area (Å²) in [4.78, 5) is 15.1. The highest BCUT2D eigenvalue weighted by atomic mass is 32.1. The lowest BCUT2D eigenvalue weighted by molar-refractivity contribution is 1.10. The van der Waals surface area contributed by atoms with E-state index < -0.39 is 0 Å². The zero-order valence-electron chi connectivity index (χ0n) is 22.4. The maximum atomic E-state index is 8.25. The molecule has 0 saturated carbocycles. The van der Waals surface area contributed by atoms with Crippen molar-refractivity contribution in [1.29, 1.82) is 0 Å². The molecule has 0 spiro atoms. The van der Waals surface area contributed by atoms with E-state index in [1.165, 1.54) is 0 Å². The van der Waals surface area contributed by atoms with E-state index in [1.54, 1.807) is 11.3 Å². The van der Waals surface area contributed by atoms with Gasteiger partial charge >= 0.3 is 0 Å². The van der Waals surface area contributed by atoms with Crippen LogP contribution in [0.1, 0.15) is 0 Å². The van der Waals surface area contributed by atoms with Gasteiger partial charge in [0.25, 0.3) is 0 Å². The number of para-hydroxylation sites is 4. The first-order valence-electron chi connectivity index (χ1n) is 13.7. The summed E-state index contributed by atoms with van der Waals surface area (Å²) in [6, 6.07) is 45.4. The Kier molecular flexibility index (Phi) is 5.66. The van der Waals surface area contributed by atoms with E-state index in [0.29, 0.717) is 5.69 Å². The number of imidazole rings is 1. The van der Waals surface area contributed by atoms with Crippen molar-refractivity contribution in [2.24, 2.45) is 0 Å². The summed E-state index contributed by atoms with van der Waals surface area (Å²) in [6.45, 7) is 8.25. The third-order valence-electron chi connectivity index (χ3n) is 7.64. The molecule has 3 heterocycles. The van der Waals surface area contributed by atoms with Gasteiger partial charge in [0.2, 0.25) is 5.69 Å². The van der Waals surface area contributed by atoms with Crippen LogP contribution in [0.5, 0.6) is 0 Å². The molecule has 0 fully saturated rings. The number of hydrogen-bond acceptors (Lipinski definition) is 3. The third-order valence-corrected chi connectivity index (χ3v) is 8.90. The predicted molar refractivity (Wildman–Crippen MR) is 174 cm³/mol. The molecule has 0 aliphatic rings. The summed E-state index contributed by atoms with van der Waals surface area (Å²) in [5, 5.41) is 1.99. The smallest absolute Gasteiger partial charge is 0.215 e. The highest BCUT2D eigenvalue weighted by Gasteiger charge is 2.22. The number of hydrogen-bond donors (Lipinski definition) is 0. The minimum atomic E-state index is 0.649. The molecule has 0 N–H and O–H groups in total. The second-order valence-electron chi connectivity index (χ2n) is 10.1. The molecule has 0 aliphatic heterocycles. The summed E-state index contributed by atoms with van der Waals surface area (Å²) in [5.74, 6) is 0.886. The van der Waals surface area contributed by atoms with Crippen LogP contribution in [0.3, 0.4) is 0 Å². The highest BCUT2D eigenvalue weighted by Crippen LogP contribution is 2.50. The van der Waals surface area contributed by atoms with Crippen molar-refractivity contribution in [3.63, 3.8) is 0 Å². The first-order chi connectivity index (χ1) is 20.8. The first-order valence-corrected chi connectivity index (χ1v) is 14.5. The van der Waals surface area contributed by atoms with Crippen LogP contribution in [0.4, 0.5) is 5.69 Å². The Morgan fingerprint density at radius 3 is 2.00 bits per heavy atom. The van der Waals surface area contributed by atoms with Crippen LogP contribution in [-0.4, -0.2) is 14.5 Å². The number of aromatic nitrogens is 3. The Morgan fingerprint density at radius 2 is 1.24 bits per heavy atom. The molecule has 4 nitrogen and oxygen atoms in total. The molecule has 8 aromatic rings. The Morgan fingerprint density at radius 1 is 0.595 bits per heavy atom. The van der Waals surface area contributed by atoms with Gasteiger partial charge in [-0.1, -0.05) is 103 Å². The van der Waals surface area contributed by atoms with E-state index in [1.807, 2.05) is 66.7 Å². The second kappa shape index (κ2) is 9.81. The van der Waals surface area contributed by atoms with Crippen molar-refractivity contribution in [2.75, 3.05) is 0 Å². The molecular formula is C37H22N4S. The highest BCUT2D eigenvalue weighted by molar-refractivity contribution is 7.24. The standard InChI is InChI=1S/C37H22N4S/c1-38-34-32-33(24-12-4-2-5-13-24)39-29-17-9-8-16-28(29)36(32)42-35(34)25-20-22-26(23-21-25)37-40-30-18-10-11-19-31(30)41(37)27-14-6-3-7-15-27/h2-23H. The van der Waals surface area contributed by atoms with Gasteiger partial charge in [0.1, 0.15) is 5.82 Å². The van der Waals surface area contributed by atoms with Gasteiger partial charge in [0.05, 0.1) is 28.8 Å². The topological polar surface area (TPSA) is 35.1 Å². The van der Waals surface area contributed by atoms with E-state index in [-0.39, 0.29) is 0 Å². The minimum absolute atomic E-state index is 0.649. The lowest BCUT2D eigenvalue weighted by Gasteiger charge is -2.10. The van der Waals surface area contributed by atoms with Gasteiger partial charge in [-0.05, 0) is 41.5 Å². The van der Waals surface area contributed by atoms with Gasteiger partial charge in [-0.15, -0.1) is 11.3 Å². The van der Waals surface area contributed by atoms with E-state index in [9.17, 15) is 0 Å². The Labute approximate surface area is 246 Å². The van der Waals surface area contributed by atoms with Crippen LogP contribution in [0, 0.1) is 6.57 Å². The number of benzene rings is 5. The van der Waals surface area contributed by atoms with Crippen molar-refractivity contribution in [3.05, 3.63) is 145 Å². The van der Waals surface area contributed by atoms with Crippen molar-refractivity contribution < 1.29 is 0 Å². The molecule has 8 rings (SSSR count). The van der Waals surface area contributed by atoms with Crippen molar-refractivity contribution in [2.45, 2.75) is 0 Å². The lowest BCUT2D eigenvalue weighted by Crippen LogP contribution is -1.97. The zero-order valence-corrected chi connectivity index (χ0v) is 23.2. The fraction of sp³-hybridized carbons (Fsp3) is 0. The van der Waals surface area contributed by atoms with Crippen molar-refractivity contribution in [3.8, 4) is 38.8 Å². The molecule has 5 aromatic carbocycles. The number of pyridine rings is 1. The largest absolute Gasteiger partial charge is 0.292 e. The van der Waals surface area contributed by atoms with Gasteiger partial charge < -0.3 is 0 Å². The monoisotopic (exact) mass is 554 g/mol. The van der Waals surface area contributed by atoms with Gasteiger partial charge in [0.15, 0.2) is 0 Å². The summed E-state index contributed by atoms with van der Waals surface area (Å²) >= 11 is 1.67.